The van der Waals surface area contributed by atoms with Gasteiger partial charge in [0.2, 0.25) is 11.8 Å². The van der Waals surface area contributed by atoms with Crippen LogP contribution in [0.3, 0.4) is 0 Å². The molecular weight excluding hydrogens is 328 g/mol. The van der Waals surface area contributed by atoms with Crippen molar-refractivity contribution in [3.63, 3.8) is 0 Å². The van der Waals surface area contributed by atoms with E-state index in [0.29, 0.717) is 19.6 Å². The topological polar surface area (TPSA) is 58.6 Å². The monoisotopic (exact) mass is 352 g/mol. The zero-order valence-corrected chi connectivity index (χ0v) is 15.2. The molecule has 2 aromatic rings. The van der Waals surface area contributed by atoms with Gasteiger partial charge in [-0.3, -0.25) is 9.59 Å². The van der Waals surface area contributed by atoms with Crippen LogP contribution in [0.25, 0.3) is 0 Å². The van der Waals surface area contributed by atoms with E-state index < -0.39 is 0 Å². The van der Waals surface area contributed by atoms with Gasteiger partial charge in [-0.05, 0) is 18.6 Å². The lowest BCUT2D eigenvalue weighted by Crippen LogP contribution is -2.32. The van der Waals surface area contributed by atoms with E-state index in [1.807, 2.05) is 55.5 Å². The summed E-state index contributed by atoms with van der Waals surface area (Å²) in [5.74, 6) is 0.392. The first kappa shape index (κ1) is 18.0. The molecule has 0 radical (unpaired) electrons. The average molecular weight is 352 g/mol. The fourth-order valence-electron chi connectivity index (χ4n) is 3.18. The molecule has 0 aromatic heterocycles. The lowest BCUT2D eigenvalue weighted by atomic mass is 10.1. The average Bonchev–Trinajstić information content (AvgIpc) is 3.02. The van der Waals surface area contributed by atoms with Gasteiger partial charge in [-0.1, -0.05) is 48.0 Å². The van der Waals surface area contributed by atoms with E-state index in [1.165, 1.54) is 5.56 Å². The Labute approximate surface area is 154 Å². The second-order valence-electron chi connectivity index (χ2n) is 6.69. The van der Waals surface area contributed by atoms with Gasteiger partial charge in [-0.15, -0.1) is 0 Å². The first-order chi connectivity index (χ1) is 12.6. The standard InChI is InChI=1S/C21H24N2O3/c1-15-7-9-16(10-8-15)12-22-21(25)18-11-20(24)23(14-18)13-17-5-3-4-6-19(17)26-2/h3-10,18H,11-14H2,1-2H3,(H,22,25). The second-order valence-corrected chi connectivity index (χ2v) is 6.69. The Bertz CT molecular complexity index is 786. The highest BCUT2D eigenvalue weighted by atomic mass is 16.5. The minimum absolute atomic E-state index is 0.00592. The number of para-hydroxylation sites is 1. The third-order valence-corrected chi connectivity index (χ3v) is 4.73. The molecule has 1 unspecified atom stereocenters. The van der Waals surface area contributed by atoms with Gasteiger partial charge in [0, 0.05) is 31.6 Å². The van der Waals surface area contributed by atoms with Crippen molar-refractivity contribution in [1.29, 1.82) is 0 Å². The number of carbonyl (C=O) groups excluding carboxylic acids is 2. The highest BCUT2D eigenvalue weighted by Crippen LogP contribution is 2.24. The molecule has 1 aliphatic heterocycles. The maximum absolute atomic E-state index is 12.4. The Morgan fingerprint density at radius 3 is 2.65 bits per heavy atom. The van der Waals surface area contributed by atoms with Gasteiger partial charge in [0.15, 0.2) is 0 Å². The van der Waals surface area contributed by atoms with Gasteiger partial charge >= 0.3 is 0 Å². The van der Waals surface area contributed by atoms with Crippen LogP contribution in [0.2, 0.25) is 0 Å². The van der Waals surface area contributed by atoms with Crippen molar-refractivity contribution in [3.05, 3.63) is 65.2 Å². The number of aryl methyl sites for hydroxylation is 1. The normalized spacial score (nSPS) is 16.6. The quantitative estimate of drug-likeness (QED) is 0.870. The van der Waals surface area contributed by atoms with Crippen molar-refractivity contribution in [2.24, 2.45) is 5.92 Å². The number of ether oxygens (including phenoxy) is 1. The summed E-state index contributed by atoms with van der Waals surface area (Å²) in [7, 11) is 1.62. The maximum atomic E-state index is 12.4. The number of hydrogen-bond acceptors (Lipinski definition) is 3. The van der Waals surface area contributed by atoms with Crippen LogP contribution in [0.4, 0.5) is 0 Å². The molecule has 2 aromatic carbocycles. The molecule has 1 N–H and O–H groups in total. The first-order valence-corrected chi connectivity index (χ1v) is 8.79. The van der Waals surface area contributed by atoms with Crippen LogP contribution in [0.15, 0.2) is 48.5 Å². The van der Waals surface area contributed by atoms with Crippen molar-refractivity contribution in [2.45, 2.75) is 26.4 Å². The molecule has 0 bridgehead atoms. The Balaban J connectivity index is 1.56. The number of benzene rings is 2. The number of carbonyl (C=O) groups is 2. The highest BCUT2D eigenvalue weighted by Gasteiger charge is 2.34. The summed E-state index contributed by atoms with van der Waals surface area (Å²) in [6.45, 7) is 3.42. The van der Waals surface area contributed by atoms with Gasteiger partial charge in [-0.2, -0.15) is 0 Å². The number of amides is 2. The van der Waals surface area contributed by atoms with Crippen LogP contribution in [0.5, 0.6) is 5.75 Å². The summed E-state index contributed by atoms with van der Waals surface area (Å²) in [4.78, 5) is 26.5. The molecule has 0 spiro atoms. The third kappa shape index (κ3) is 4.23. The minimum Gasteiger partial charge on any atom is -0.496 e. The van der Waals surface area contributed by atoms with Crippen molar-refractivity contribution in [2.75, 3.05) is 13.7 Å². The van der Waals surface area contributed by atoms with Crippen molar-refractivity contribution in [1.82, 2.24) is 10.2 Å². The van der Waals surface area contributed by atoms with Gasteiger partial charge < -0.3 is 15.0 Å². The fraction of sp³-hybridized carbons (Fsp3) is 0.333. The molecule has 2 amide bonds. The SMILES string of the molecule is COc1ccccc1CN1CC(C(=O)NCc2ccc(C)cc2)CC1=O. The van der Waals surface area contributed by atoms with Crippen LogP contribution in [0.1, 0.15) is 23.1 Å². The van der Waals surface area contributed by atoms with Crippen LogP contribution in [-0.4, -0.2) is 30.4 Å². The van der Waals surface area contributed by atoms with Gasteiger partial charge in [0.25, 0.3) is 0 Å². The summed E-state index contributed by atoms with van der Waals surface area (Å²) in [5, 5.41) is 2.95. The minimum atomic E-state index is -0.303. The Kier molecular flexibility index (Phi) is 5.56. The molecule has 1 fully saturated rings. The Morgan fingerprint density at radius 2 is 1.92 bits per heavy atom. The zero-order chi connectivity index (χ0) is 18.5. The Morgan fingerprint density at radius 1 is 1.19 bits per heavy atom. The molecule has 0 saturated carbocycles. The van der Waals surface area contributed by atoms with Crippen LogP contribution in [-0.2, 0) is 22.7 Å². The van der Waals surface area contributed by atoms with Gasteiger partial charge in [-0.25, -0.2) is 0 Å². The number of hydrogen-bond donors (Lipinski definition) is 1. The summed E-state index contributed by atoms with van der Waals surface area (Å²) in [5.41, 5.74) is 3.19. The lowest BCUT2D eigenvalue weighted by Gasteiger charge is -2.18. The van der Waals surface area contributed by atoms with Gasteiger partial charge in [0.05, 0.1) is 13.0 Å². The fourth-order valence-corrected chi connectivity index (χ4v) is 3.18. The zero-order valence-electron chi connectivity index (χ0n) is 15.2. The van der Waals surface area contributed by atoms with E-state index in [4.69, 9.17) is 4.74 Å². The number of methoxy groups -OCH3 is 1. The smallest absolute Gasteiger partial charge is 0.225 e. The molecule has 26 heavy (non-hydrogen) atoms. The molecule has 1 heterocycles. The van der Waals surface area contributed by atoms with E-state index in [9.17, 15) is 9.59 Å². The molecule has 5 nitrogen and oxygen atoms in total. The first-order valence-electron chi connectivity index (χ1n) is 8.79. The number of nitrogens with one attached hydrogen (secondary N) is 1. The number of likely N-dealkylation sites (tertiary alicyclic amines) is 1. The molecule has 0 aliphatic carbocycles. The summed E-state index contributed by atoms with van der Waals surface area (Å²) >= 11 is 0. The van der Waals surface area contributed by atoms with Crippen LogP contribution < -0.4 is 10.1 Å². The molecule has 3 rings (SSSR count). The van der Waals surface area contributed by atoms with Crippen molar-refractivity contribution in [3.8, 4) is 5.75 Å². The maximum Gasteiger partial charge on any atom is 0.225 e. The molecule has 1 atom stereocenters. The number of nitrogens with zero attached hydrogens (tertiary/aromatic N) is 1. The Hall–Kier alpha value is -2.82. The highest BCUT2D eigenvalue weighted by molar-refractivity contribution is 5.89. The van der Waals surface area contributed by atoms with E-state index in [0.717, 1.165) is 16.9 Å². The molecule has 5 heteroatoms. The number of rotatable bonds is 6. The van der Waals surface area contributed by atoms with Crippen LogP contribution >= 0.6 is 0 Å². The molecule has 1 aliphatic rings. The van der Waals surface area contributed by atoms with Crippen molar-refractivity contribution >= 4 is 11.8 Å². The van der Waals surface area contributed by atoms with Gasteiger partial charge in [0.1, 0.15) is 5.75 Å². The largest absolute Gasteiger partial charge is 0.496 e. The summed E-state index contributed by atoms with van der Waals surface area (Å²) in [6, 6.07) is 15.7. The van der Waals surface area contributed by atoms with E-state index in [-0.39, 0.29) is 24.2 Å². The second kappa shape index (κ2) is 8.04. The molecular formula is C21H24N2O3. The predicted molar refractivity (Wildman–Crippen MR) is 99.5 cm³/mol. The van der Waals surface area contributed by atoms with E-state index in [1.54, 1.807) is 12.0 Å². The lowest BCUT2D eigenvalue weighted by molar-refractivity contribution is -0.129. The van der Waals surface area contributed by atoms with E-state index >= 15 is 0 Å². The predicted octanol–water partition coefficient (Wildman–Crippen LogP) is 2.67. The third-order valence-electron chi connectivity index (χ3n) is 4.73. The molecule has 1 saturated heterocycles. The summed E-state index contributed by atoms with van der Waals surface area (Å²) in [6.07, 6.45) is 0.259. The van der Waals surface area contributed by atoms with Crippen LogP contribution in [0, 0.1) is 12.8 Å². The molecule has 136 valence electrons. The van der Waals surface area contributed by atoms with Crippen molar-refractivity contribution < 1.29 is 14.3 Å². The van der Waals surface area contributed by atoms with E-state index in [2.05, 4.69) is 5.32 Å². The summed E-state index contributed by atoms with van der Waals surface area (Å²) < 4.78 is 5.34.